The number of hydrogen-bond donors (Lipinski definition) is 2. The second-order valence-electron chi connectivity index (χ2n) is 5.70. The van der Waals surface area contributed by atoms with Crippen molar-refractivity contribution < 1.29 is 14.3 Å². The Morgan fingerprint density at radius 1 is 1.08 bits per heavy atom. The molecule has 0 heterocycles. The number of hydrogen-bond acceptors (Lipinski definition) is 3. The first-order valence-corrected chi connectivity index (χ1v) is 8.24. The van der Waals surface area contributed by atoms with E-state index in [2.05, 4.69) is 10.6 Å². The predicted molar refractivity (Wildman–Crippen MR) is 98.8 cm³/mol. The van der Waals surface area contributed by atoms with Gasteiger partial charge in [0.25, 0.3) is 0 Å². The number of amides is 2. The van der Waals surface area contributed by atoms with E-state index in [1.165, 1.54) is 0 Å². The molecule has 2 aromatic rings. The van der Waals surface area contributed by atoms with E-state index in [4.69, 9.17) is 16.3 Å². The summed E-state index contributed by atoms with van der Waals surface area (Å²) in [6, 6.07) is 12.8. The molecule has 0 aliphatic rings. The third-order valence-electron chi connectivity index (χ3n) is 3.92. The van der Waals surface area contributed by atoms with Crippen molar-refractivity contribution in [2.24, 2.45) is 0 Å². The highest BCUT2D eigenvalue weighted by Gasteiger charge is 2.18. The first-order valence-electron chi connectivity index (χ1n) is 7.86. The standard InChI is InChI=1S/C19H21ClN2O3/c1-12-6-4-5-7-15(12)17(25-3)11-21-18(23)19(24)22-16-10-14(20)9-8-13(16)2/h4-10,17H,11H2,1-3H3,(H,21,23)(H,22,24). The van der Waals surface area contributed by atoms with Gasteiger partial charge in [-0.1, -0.05) is 41.9 Å². The maximum atomic E-state index is 12.1. The largest absolute Gasteiger partial charge is 0.375 e. The zero-order valence-electron chi connectivity index (χ0n) is 14.4. The normalized spacial score (nSPS) is 11.7. The number of methoxy groups -OCH3 is 1. The Morgan fingerprint density at radius 2 is 1.80 bits per heavy atom. The van der Waals surface area contributed by atoms with E-state index >= 15 is 0 Å². The van der Waals surface area contributed by atoms with Gasteiger partial charge in [-0.2, -0.15) is 0 Å². The van der Waals surface area contributed by atoms with E-state index in [0.717, 1.165) is 16.7 Å². The molecule has 0 aliphatic heterocycles. The van der Waals surface area contributed by atoms with Crippen molar-refractivity contribution in [2.75, 3.05) is 19.0 Å². The summed E-state index contributed by atoms with van der Waals surface area (Å²) in [5, 5.41) is 5.66. The van der Waals surface area contributed by atoms with E-state index in [1.807, 2.05) is 38.1 Å². The molecular weight excluding hydrogens is 340 g/mol. The molecule has 132 valence electrons. The molecule has 1 unspecified atom stereocenters. The zero-order valence-corrected chi connectivity index (χ0v) is 15.2. The molecule has 2 amide bonds. The summed E-state index contributed by atoms with van der Waals surface area (Å²) in [6.07, 6.45) is -0.328. The molecule has 25 heavy (non-hydrogen) atoms. The number of ether oxygens (including phenoxy) is 1. The van der Waals surface area contributed by atoms with Gasteiger partial charge >= 0.3 is 11.8 Å². The lowest BCUT2D eigenvalue weighted by atomic mass is 10.0. The number of aryl methyl sites for hydroxylation is 2. The number of carbonyl (C=O) groups is 2. The van der Waals surface area contributed by atoms with Crippen molar-refractivity contribution in [1.29, 1.82) is 0 Å². The molecule has 0 aliphatic carbocycles. The fraction of sp³-hybridized carbons (Fsp3) is 0.263. The van der Waals surface area contributed by atoms with Crippen LogP contribution in [0, 0.1) is 13.8 Å². The molecule has 2 rings (SSSR count). The Balaban J connectivity index is 1.98. The summed E-state index contributed by atoms with van der Waals surface area (Å²) >= 11 is 5.92. The third kappa shape index (κ3) is 5.05. The minimum atomic E-state index is -0.745. The van der Waals surface area contributed by atoms with Crippen LogP contribution in [0.2, 0.25) is 5.02 Å². The lowest BCUT2D eigenvalue weighted by Crippen LogP contribution is -2.38. The van der Waals surface area contributed by atoms with Gasteiger partial charge in [-0.3, -0.25) is 9.59 Å². The first kappa shape index (κ1) is 19.0. The second kappa shape index (κ2) is 8.65. The number of benzene rings is 2. The molecule has 0 fully saturated rings. The van der Waals surface area contributed by atoms with Gasteiger partial charge in [0, 0.05) is 24.4 Å². The van der Waals surface area contributed by atoms with Crippen molar-refractivity contribution in [3.63, 3.8) is 0 Å². The van der Waals surface area contributed by atoms with Crippen LogP contribution in [0.15, 0.2) is 42.5 Å². The SMILES string of the molecule is COC(CNC(=O)C(=O)Nc1cc(Cl)ccc1C)c1ccccc1C. The molecule has 0 aromatic heterocycles. The highest BCUT2D eigenvalue weighted by molar-refractivity contribution is 6.40. The van der Waals surface area contributed by atoms with Gasteiger partial charge in [0.15, 0.2) is 0 Å². The van der Waals surface area contributed by atoms with Crippen molar-refractivity contribution in [3.8, 4) is 0 Å². The van der Waals surface area contributed by atoms with Gasteiger partial charge in [0.2, 0.25) is 0 Å². The van der Waals surface area contributed by atoms with Crippen LogP contribution in [0.25, 0.3) is 0 Å². The predicted octanol–water partition coefficient (Wildman–Crippen LogP) is 3.40. The minimum Gasteiger partial charge on any atom is -0.375 e. The number of carbonyl (C=O) groups excluding carboxylic acids is 2. The molecule has 0 saturated heterocycles. The van der Waals surface area contributed by atoms with Crippen LogP contribution in [-0.4, -0.2) is 25.5 Å². The number of anilines is 1. The monoisotopic (exact) mass is 360 g/mol. The van der Waals surface area contributed by atoms with Crippen LogP contribution in [0.4, 0.5) is 5.69 Å². The summed E-state index contributed by atoms with van der Waals surface area (Å²) in [7, 11) is 1.57. The highest BCUT2D eigenvalue weighted by atomic mass is 35.5. The van der Waals surface area contributed by atoms with Crippen molar-refractivity contribution in [2.45, 2.75) is 20.0 Å². The van der Waals surface area contributed by atoms with E-state index in [0.29, 0.717) is 10.7 Å². The van der Waals surface area contributed by atoms with Crippen molar-refractivity contribution in [1.82, 2.24) is 5.32 Å². The molecule has 2 N–H and O–H groups in total. The summed E-state index contributed by atoms with van der Waals surface area (Å²) < 4.78 is 5.44. The lowest BCUT2D eigenvalue weighted by molar-refractivity contribution is -0.136. The molecule has 0 spiro atoms. The summed E-state index contributed by atoms with van der Waals surface area (Å²) in [6.45, 7) is 3.99. The summed E-state index contributed by atoms with van der Waals surface area (Å²) in [4.78, 5) is 24.1. The highest BCUT2D eigenvalue weighted by Crippen LogP contribution is 2.21. The molecule has 0 saturated carbocycles. The minimum absolute atomic E-state index is 0.197. The fourth-order valence-electron chi connectivity index (χ4n) is 2.44. The van der Waals surface area contributed by atoms with Gasteiger partial charge in [-0.25, -0.2) is 0 Å². The van der Waals surface area contributed by atoms with Crippen molar-refractivity contribution >= 4 is 29.1 Å². The topological polar surface area (TPSA) is 67.4 Å². The molecule has 0 radical (unpaired) electrons. The number of nitrogens with one attached hydrogen (secondary N) is 2. The van der Waals surface area contributed by atoms with Gasteiger partial charge in [0.1, 0.15) is 0 Å². The fourth-order valence-corrected chi connectivity index (χ4v) is 2.61. The number of rotatable bonds is 5. The maximum absolute atomic E-state index is 12.1. The Hall–Kier alpha value is -2.37. The quantitative estimate of drug-likeness (QED) is 0.803. The Kier molecular flexibility index (Phi) is 6.56. The van der Waals surface area contributed by atoms with Crippen LogP contribution in [0.1, 0.15) is 22.8 Å². The Labute approximate surface area is 152 Å². The first-order chi connectivity index (χ1) is 11.9. The summed E-state index contributed by atoms with van der Waals surface area (Å²) in [5.41, 5.74) is 3.36. The van der Waals surface area contributed by atoms with E-state index < -0.39 is 11.8 Å². The molecule has 5 nitrogen and oxygen atoms in total. The Morgan fingerprint density at radius 3 is 2.48 bits per heavy atom. The zero-order chi connectivity index (χ0) is 18.4. The van der Waals surface area contributed by atoms with E-state index in [-0.39, 0.29) is 12.6 Å². The van der Waals surface area contributed by atoms with Crippen LogP contribution < -0.4 is 10.6 Å². The molecular formula is C19H21ClN2O3. The Bertz CT molecular complexity index is 777. The van der Waals surface area contributed by atoms with Crippen LogP contribution in [0.5, 0.6) is 0 Å². The third-order valence-corrected chi connectivity index (χ3v) is 4.16. The number of halogens is 1. The average Bonchev–Trinajstić information content (AvgIpc) is 2.59. The average molecular weight is 361 g/mol. The van der Waals surface area contributed by atoms with Crippen molar-refractivity contribution in [3.05, 3.63) is 64.2 Å². The van der Waals surface area contributed by atoms with Gasteiger partial charge in [-0.15, -0.1) is 0 Å². The van der Waals surface area contributed by atoms with Gasteiger partial charge < -0.3 is 15.4 Å². The van der Waals surface area contributed by atoms with Crippen LogP contribution >= 0.6 is 11.6 Å². The maximum Gasteiger partial charge on any atom is 0.313 e. The molecule has 2 aromatic carbocycles. The van der Waals surface area contributed by atoms with Gasteiger partial charge in [-0.05, 0) is 42.7 Å². The van der Waals surface area contributed by atoms with E-state index in [9.17, 15) is 9.59 Å². The van der Waals surface area contributed by atoms with Crippen LogP contribution in [0.3, 0.4) is 0 Å². The second-order valence-corrected chi connectivity index (χ2v) is 6.14. The molecule has 6 heteroatoms. The van der Waals surface area contributed by atoms with E-state index in [1.54, 1.807) is 25.3 Å². The van der Waals surface area contributed by atoms with Crippen LogP contribution in [-0.2, 0) is 14.3 Å². The lowest BCUT2D eigenvalue weighted by Gasteiger charge is -2.18. The van der Waals surface area contributed by atoms with Gasteiger partial charge in [0.05, 0.1) is 6.10 Å². The molecule has 1 atom stereocenters. The smallest absolute Gasteiger partial charge is 0.313 e. The molecule has 0 bridgehead atoms. The summed E-state index contributed by atoms with van der Waals surface area (Å²) in [5.74, 6) is -1.47.